The minimum Gasteiger partial charge on any atom is -0.395 e. The number of rotatable bonds is 5. The molecule has 0 aliphatic heterocycles. The van der Waals surface area contributed by atoms with Crippen LogP contribution < -0.4 is 0 Å². The second-order valence-electron chi connectivity index (χ2n) is 1.60. The molecule has 56 valence electrons. The van der Waals surface area contributed by atoms with Gasteiger partial charge in [-0.15, -0.1) is 4.48 Å². The molecule has 0 amide bonds. The summed E-state index contributed by atoms with van der Waals surface area (Å²) in [7, 11) is 0. The van der Waals surface area contributed by atoms with Crippen molar-refractivity contribution in [3.63, 3.8) is 0 Å². The van der Waals surface area contributed by atoms with Crippen molar-refractivity contribution in [3.05, 3.63) is 0 Å². The molecule has 0 rings (SSSR count). The molecule has 0 saturated carbocycles. The van der Waals surface area contributed by atoms with Crippen LogP contribution in [0, 0.1) is 0 Å². The van der Waals surface area contributed by atoms with Gasteiger partial charge in [0.15, 0.2) is 0 Å². The van der Waals surface area contributed by atoms with Crippen LogP contribution in [0.2, 0.25) is 0 Å². The van der Waals surface area contributed by atoms with Gasteiger partial charge in [0.05, 0.1) is 19.8 Å². The first-order valence-electron chi connectivity index (χ1n) is 2.98. The van der Waals surface area contributed by atoms with Crippen LogP contribution in [0.1, 0.15) is 13.3 Å². The highest BCUT2D eigenvalue weighted by atomic mass is 19.2. The molecule has 0 saturated heterocycles. The zero-order valence-electron chi connectivity index (χ0n) is 5.51. The lowest BCUT2D eigenvalue weighted by Crippen LogP contribution is -2.18. The number of hydrogen-bond acceptors (Lipinski definition) is 3. The highest BCUT2D eigenvalue weighted by Gasteiger charge is 1.98. The molecule has 0 radical (unpaired) electrons. The van der Waals surface area contributed by atoms with Crippen molar-refractivity contribution in [2.45, 2.75) is 13.3 Å². The Morgan fingerprint density at radius 2 is 2.33 bits per heavy atom. The maximum atomic E-state index is 12.0. The summed E-state index contributed by atoms with van der Waals surface area (Å²) in [6.07, 6.45) is 0.770. The van der Waals surface area contributed by atoms with Crippen LogP contribution >= 0.6 is 0 Å². The molecule has 0 aliphatic carbocycles. The Hall–Kier alpha value is -0.190. The fourth-order valence-corrected chi connectivity index (χ4v) is 0.334. The molecule has 0 spiro atoms. The number of nitrogens with zero attached hydrogens (tertiary/aromatic N) is 1. The number of hydrogen-bond donors (Lipinski definition) is 1. The summed E-state index contributed by atoms with van der Waals surface area (Å²) in [4.78, 5) is 4.44. The van der Waals surface area contributed by atoms with Gasteiger partial charge in [0.2, 0.25) is 0 Å². The molecular formula is C5H12FNO2. The number of hydroxylamine groups is 1. The van der Waals surface area contributed by atoms with E-state index in [1.165, 1.54) is 0 Å². The van der Waals surface area contributed by atoms with Crippen LogP contribution in [0.5, 0.6) is 0 Å². The maximum Gasteiger partial charge on any atom is 0.0800 e. The maximum absolute atomic E-state index is 12.0. The Balaban J connectivity index is 2.95. The molecule has 0 aromatic rings. The Kier molecular flexibility index (Phi) is 5.81. The molecule has 0 aromatic heterocycles. The smallest absolute Gasteiger partial charge is 0.0800 e. The van der Waals surface area contributed by atoms with E-state index in [1.807, 2.05) is 6.92 Å². The predicted molar refractivity (Wildman–Crippen MR) is 31.1 cm³/mol. The summed E-state index contributed by atoms with van der Waals surface area (Å²) in [6, 6.07) is 0. The van der Waals surface area contributed by atoms with E-state index in [9.17, 15) is 4.48 Å². The molecule has 3 nitrogen and oxygen atoms in total. The van der Waals surface area contributed by atoms with Gasteiger partial charge in [-0.3, -0.25) is 4.84 Å². The van der Waals surface area contributed by atoms with Gasteiger partial charge in [0.25, 0.3) is 0 Å². The second kappa shape index (κ2) is 5.94. The van der Waals surface area contributed by atoms with Crippen molar-refractivity contribution < 1.29 is 14.4 Å². The fourth-order valence-electron chi connectivity index (χ4n) is 0.334. The standard InChI is InChI=1S/C5H12FNO2/c1-2-5-9-7(6)3-4-8/h8H,2-5H2,1H3. The summed E-state index contributed by atoms with van der Waals surface area (Å²) in [5, 5.41) is 8.32. The Morgan fingerprint density at radius 3 is 2.78 bits per heavy atom. The van der Waals surface area contributed by atoms with Crippen molar-refractivity contribution in [3.8, 4) is 0 Å². The van der Waals surface area contributed by atoms with E-state index in [1.54, 1.807) is 0 Å². The number of aliphatic hydroxyl groups is 1. The van der Waals surface area contributed by atoms with Crippen molar-refractivity contribution >= 4 is 0 Å². The van der Waals surface area contributed by atoms with Crippen LogP contribution in [0.25, 0.3) is 0 Å². The summed E-state index contributed by atoms with van der Waals surface area (Å²) in [5.74, 6) is 0. The molecule has 0 fully saturated rings. The van der Waals surface area contributed by atoms with E-state index in [4.69, 9.17) is 5.11 Å². The molecule has 9 heavy (non-hydrogen) atoms. The summed E-state index contributed by atoms with van der Waals surface area (Å²) >= 11 is 0. The largest absolute Gasteiger partial charge is 0.395 e. The van der Waals surface area contributed by atoms with E-state index in [2.05, 4.69) is 4.84 Å². The average molecular weight is 137 g/mol. The number of halogens is 1. The van der Waals surface area contributed by atoms with Crippen molar-refractivity contribution in [1.29, 1.82) is 0 Å². The lowest BCUT2D eigenvalue weighted by molar-refractivity contribution is -0.282. The second-order valence-corrected chi connectivity index (χ2v) is 1.60. The fraction of sp³-hybridized carbons (Fsp3) is 1.00. The third kappa shape index (κ3) is 5.68. The van der Waals surface area contributed by atoms with Gasteiger partial charge in [0, 0.05) is 0 Å². The lowest BCUT2D eigenvalue weighted by atomic mass is 10.5. The highest BCUT2D eigenvalue weighted by molar-refractivity contribution is 4.26. The van der Waals surface area contributed by atoms with Gasteiger partial charge in [-0.2, -0.15) is 0 Å². The number of aliphatic hydroxyl groups excluding tert-OH is 1. The zero-order valence-corrected chi connectivity index (χ0v) is 5.51. The van der Waals surface area contributed by atoms with E-state index >= 15 is 0 Å². The Bertz CT molecular complexity index is 62.9. The normalized spacial score (nSPS) is 10.7. The minimum absolute atomic E-state index is 0.0833. The average Bonchev–Trinajstić information content (AvgIpc) is 1.85. The molecule has 1 N–H and O–H groups in total. The Labute approximate surface area is 53.9 Å². The van der Waals surface area contributed by atoms with Crippen LogP contribution in [-0.2, 0) is 4.84 Å². The van der Waals surface area contributed by atoms with Gasteiger partial charge in [0.1, 0.15) is 0 Å². The van der Waals surface area contributed by atoms with Gasteiger partial charge in [-0.25, -0.2) is 0 Å². The molecule has 0 heterocycles. The third-order valence-electron chi connectivity index (χ3n) is 0.711. The van der Waals surface area contributed by atoms with Crippen molar-refractivity contribution in [2.24, 2.45) is 0 Å². The molecule has 0 unspecified atom stereocenters. The van der Waals surface area contributed by atoms with Gasteiger partial charge < -0.3 is 5.11 Å². The quantitative estimate of drug-likeness (QED) is 0.442. The van der Waals surface area contributed by atoms with Crippen molar-refractivity contribution in [1.82, 2.24) is 5.29 Å². The summed E-state index contributed by atoms with van der Waals surface area (Å²) in [6.45, 7) is 1.93. The van der Waals surface area contributed by atoms with Gasteiger partial charge in [-0.05, 0) is 11.7 Å². The van der Waals surface area contributed by atoms with E-state index in [0.29, 0.717) is 6.61 Å². The predicted octanol–water partition coefficient (Wildman–Crippen LogP) is 0.507. The first kappa shape index (κ1) is 8.81. The van der Waals surface area contributed by atoms with Crippen LogP contribution in [0.15, 0.2) is 0 Å². The summed E-state index contributed by atoms with van der Waals surface area (Å²) < 4.78 is 12.0. The van der Waals surface area contributed by atoms with E-state index < -0.39 is 0 Å². The molecule has 0 aliphatic rings. The molecular weight excluding hydrogens is 125 g/mol. The van der Waals surface area contributed by atoms with Gasteiger partial charge in [-0.1, -0.05) is 6.92 Å². The zero-order chi connectivity index (χ0) is 7.11. The monoisotopic (exact) mass is 137 g/mol. The topological polar surface area (TPSA) is 32.7 Å². The van der Waals surface area contributed by atoms with E-state index in [0.717, 1.165) is 6.42 Å². The molecule has 0 atom stereocenters. The molecule has 0 bridgehead atoms. The first-order chi connectivity index (χ1) is 4.31. The van der Waals surface area contributed by atoms with Crippen LogP contribution in [0.4, 0.5) is 4.48 Å². The van der Waals surface area contributed by atoms with E-state index in [-0.39, 0.29) is 18.4 Å². The van der Waals surface area contributed by atoms with Crippen molar-refractivity contribution in [2.75, 3.05) is 19.8 Å². The minimum atomic E-state index is -0.222. The summed E-state index contributed by atoms with van der Waals surface area (Å²) in [5.41, 5.74) is 0. The molecule has 0 aromatic carbocycles. The third-order valence-corrected chi connectivity index (χ3v) is 0.711. The van der Waals surface area contributed by atoms with Crippen LogP contribution in [-0.4, -0.2) is 30.2 Å². The van der Waals surface area contributed by atoms with Crippen LogP contribution in [0.3, 0.4) is 0 Å². The first-order valence-corrected chi connectivity index (χ1v) is 2.98. The lowest BCUT2D eigenvalue weighted by Gasteiger charge is -2.07. The molecule has 4 heteroatoms. The Morgan fingerprint density at radius 1 is 1.67 bits per heavy atom. The highest BCUT2D eigenvalue weighted by Crippen LogP contribution is 1.90. The SMILES string of the molecule is CCCON(F)CCO. The van der Waals surface area contributed by atoms with Gasteiger partial charge >= 0.3 is 0 Å².